The summed E-state index contributed by atoms with van der Waals surface area (Å²) >= 11 is 0. The van der Waals surface area contributed by atoms with E-state index in [0.29, 0.717) is 24.1 Å². The van der Waals surface area contributed by atoms with Gasteiger partial charge in [-0.25, -0.2) is 4.79 Å². The number of benzene rings is 3. The zero-order valence-corrected chi connectivity index (χ0v) is 17.5. The summed E-state index contributed by atoms with van der Waals surface area (Å²) in [6, 6.07) is 22.5. The van der Waals surface area contributed by atoms with Crippen LogP contribution in [0.25, 0.3) is 0 Å². The summed E-state index contributed by atoms with van der Waals surface area (Å²) in [6.45, 7) is 0.538. The van der Waals surface area contributed by atoms with Gasteiger partial charge in [-0.3, -0.25) is 4.79 Å². The Morgan fingerprint density at radius 3 is 2.35 bits per heavy atom. The molecule has 1 aliphatic rings. The van der Waals surface area contributed by atoms with Crippen molar-refractivity contribution in [3.8, 4) is 5.75 Å². The summed E-state index contributed by atoms with van der Waals surface area (Å²) in [4.78, 5) is 26.9. The summed E-state index contributed by atoms with van der Waals surface area (Å²) in [6.07, 6.45) is 0.364. The van der Waals surface area contributed by atoms with Crippen molar-refractivity contribution < 1.29 is 19.1 Å². The van der Waals surface area contributed by atoms with Gasteiger partial charge in [-0.05, 0) is 53.9 Å². The van der Waals surface area contributed by atoms with Crippen LogP contribution in [0.15, 0.2) is 72.8 Å². The van der Waals surface area contributed by atoms with E-state index >= 15 is 0 Å². The van der Waals surface area contributed by atoms with E-state index in [1.807, 2.05) is 65.6 Å². The molecule has 6 nitrogen and oxygen atoms in total. The lowest BCUT2D eigenvalue weighted by Crippen LogP contribution is -2.44. The third-order valence-corrected chi connectivity index (χ3v) is 5.47. The molecule has 0 saturated heterocycles. The molecule has 1 atom stereocenters. The minimum Gasteiger partial charge on any atom is -0.497 e. The first kappa shape index (κ1) is 20.5. The Balaban J connectivity index is 1.61. The predicted molar refractivity (Wildman–Crippen MR) is 118 cm³/mol. The van der Waals surface area contributed by atoms with Crippen molar-refractivity contribution in [2.75, 3.05) is 26.1 Å². The van der Waals surface area contributed by atoms with Gasteiger partial charge in [-0.15, -0.1) is 0 Å². The Bertz CT molecular complexity index is 1080. The number of anilines is 1. The van der Waals surface area contributed by atoms with E-state index in [-0.39, 0.29) is 18.0 Å². The average Bonchev–Trinajstić information content (AvgIpc) is 2.83. The first-order valence-corrected chi connectivity index (χ1v) is 10.1. The highest BCUT2D eigenvalue weighted by Crippen LogP contribution is 2.33. The van der Waals surface area contributed by atoms with E-state index < -0.39 is 0 Å². The molecule has 0 bridgehead atoms. The number of ether oxygens (including phenoxy) is 2. The molecule has 4 rings (SSSR count). The van der Waals surface area contributed by atoms with Gasteiger partial charge in [-0.1, -0.05) is 36.4 Å². The van der Waals surface area contributed by atoms with Crippen molar-refractivity contribution in [2.24, 2.45) is 0 Å². The highest BCUT2D eigenvalue weighted by Gasteiger charge is 2.32. The molecule has 0 saturated carbocycles. The van der Waals surface area contributed by atoms with Gasteiger partial charge in [0.2, 0.25) is 0 Å². The Labute approximate surface area is 181 Å². The van der Waals surface area contributed by atoms with Crippen LogP contribution in [0.2, 0.25) is 0 Å². The number of methoxy groups -OCH3 is 2. The van der Waals surface area contributed by atoms with Crippen molar-refractivity contribution in [3.63, 3.8) is 0 Å². The van der Waals surface area contributed by atoms with Crippen molar-refractivity contribution >= 4 is 17.6 Å². The van der Waals surface area contributed by atoms with Gasteiger partial charge in [0.15, 0.2) is 0 Å². The fraction of sp³-hybridized carbons (Fsp3) is 0.200. The van der Waals surface area contributed by atoms with Crippen LogP contribution in [0.1, 0.15) is 38.0 Å². The number of para-hydroxylation sites is 1. The third kappa shape index (κ3) is 4.23. The van der Waals surface area contributed by atoms with Crippen LogP contribution in [0, 0.1) is 0 Å². The van der Waals surface area contributed by atoms with Gasteiger partial charge in [-0.2, -0.15) is 0 Å². The first-order valence-electron chi connectivity index (χ1n) is 10.1. The topological polar surface area (TPSA) is 67.9 Å². The summed E-state index contributed by atoms with van der Waals surface area (Å²) < 4.78 is 10.0. The lowest BCUT2D eigenvalue weighted by atomic mass is 10.0. The normalized spacial score (nSPS) is 15.1. The maximum atomic E-state index is 13.3. The molecule has 31 heavy (non-hydrogen) atoms. The fourth-order valence-electron chi connectivity index (χ4n) is 3.75. The molecule has 0 spiro atoms. The maximum absolute atomic E-state index is 13.3. The van der Waals surface area contributed by atoms with E-state index in [2.05, 4.69) is 5.32 Å². The number of hydrogen-bond acceptors (Lipinski definition) is 5. The summed E-state index contributed by atoms with van der Waals surface area (Å²) in [7, 11) is 3.00. The second-order valence-corrected chi connectivity index (χ2v) is 7.30. The number of nitrogens with one attached hydrogen (secondary N) is 1. The molecule has 1 N–H and O–H groups in total. The minimum absolute atomic E-state index is 0.0232. The Hall–Kier alpha value is -3.80. The predicted octanol–water partition coefficient (Wildman–Crippen LogP) is 4.29. The molecule has 0 aliphatic carbocycles. The number of fused-ring (bicyclic) bond motifs is 1. The summed E-state index contributed by atoms with van der Waals surface area (Å²) in [5, 5.41) is 3.48. The van der Waals surface area contributed by atoms with Gasteiger partial charge in [0.1, 0.15) is 11.9 Å². The van der Waals surface area contributed by atoms with E-state index in [1.54, 1.807) is 19.2 Å². The quantitative estimate of drug-likeness (QED) is 0.607. The lowest BCUT2D eigenvalue weighted by Gasteiger charge is -2.38. The lowest BCUT2D eigenvalue weighted by molar-refractivity contribution is 0.0599. The van der Waals surface area contributed by atoms with Crippen molar-refractivity contribution in [3.05, 3.63) is 95.1 Å². The monoisotopic (exact) mass is 416 g/mol. The van der Waals surface area contributed by atoms with Crippen LogP contribution in [0.3, 0.4) is 0 Å². The third-order valence-electron chi connectivity index (χ3n) is 5.47. The van der Waals surface area contributed by atoms with E-state index in [4.69, 9.17) is 9.47 Å². The van der Waals surface area contributed by atoms with Crippen LogP contribution in [0.5, 0.6) is 5.75 Å². The Kier molecular flexibility index (Phi) is 5.89. The Morgan fingerprint density at radius 2 is 1.68 bits per heavy atom. The van der Waals surface area contributed by atoms with Crippen molar-refractivity contribution in [1.82, 2.24) is 4.90 Å². The SMILES string of the molecule is COC(=O)c1ccc([C@H]2Nc3ccccc3C(=O)N2CCc2ccc(OC)cc2)cc1. The Morgan fingerprint density at radius 1 is 0.968 bits per heavy atom. The number of carbonyl (C=O) groups is 2. The number of rotatable bonds is 6. The van der Waals surface area contributed by atoms with E-state index in [0.717, 1.165) is 22.6 Å². The molecule has 0 unspecified atom stereocenters. The van der Waals surface area contributed by atoms with Crippen LogP contribution >= 0.6 is 0 Å². The standard InChI is InChI=1S/C25H24N2O4/c1-30-20-13-7-17(8-14-20)15-16-27-23(18-9-11-19(12-10-18)25(29)31-2)26-22-6-4-3-5-21(22)24(27)28/h3-14,23,26H,15-16H2,1-2H3/t23-/m0/s1. The van der Waals surface area contributed by atoms with Gasteiger partial charge in [0, 0.05) is 12.2 Å². The highest BCUT2D eigenvalue weighted by molar-refractivity contribution is 6.01. The molecule has 1 amide bonds. The van der Waals surface area contributed by atoms with E-state index in [1.165, 1.54) is 7.11 Å². The number of amides is 1. The number of esters is 1. The van der Waals surface area contributed by atoms with Crippen LogP contribution in [-0.2, 0) is 11.2 Å². The first-order chi connectivity index (χ1) is 15.1. The smallest absolute Gasteiger partial charge is 0.337 e. The minimum atomic E-state index is -0.388. The second-order valence-electron chi connectivity index (χ2n) is 7.30. The molecule has 6 heteroatoms. The number of nitrogens with zero attached hydrogens (tertiary/aromatic N) is 1. The largest absolute Gasteiger partial charge is 0.497 e. The molecule has 0 aromatic heterocycles. The number of carbonyl (C=O) groups excluding carboxylic acids is 2. The molecule has 1 heterocycles. The molecule has 0 radical (unpaired) electrons. The average molecular weight is 416 g/mol. The second kappa shape index (κ2) is 8.92. The molecule has 3 aromatic carbocycles. The molecule has 0 fully saturated rings. The molecular formula is C25H24N2O4. The molecular weight excluding hydrogens is 392 g/mol. The van der Waals surface area contributed by atoms with Crippen LogP contribution < -0.4 is 10.1 Å². The van der Waals surface area contributed by atoms with Gasteiger partial charge in [0.05, 0.1) is 25.3 Å². The zero-order chi connectivity index (χ0) is 21.8. The maximum Gasteiger partial charge on any atom is 0.337 e. The summed E-state index contributed by atoms with van der Waals surface area (Å²) in [5.41, 5.74) is 3.94. The van der Waals surface area contributed by atoms with Gasteiger partial charge < -0.3 is 19.7 Å². The molecule has 3 aromatic rings. The van der Waals surface area contributed by atoms with Crippen molar-refractivity contribution in [1.29, 1.82) is 0 Å². The van der Waals surface area contributed by atoms with Crippen molar-refractivity contribution in [2.45, 2.75) is 12.6 Å². The molecule has 1 aliphatic heterocycles. The summed E-state index contributed by atoms with van der Waals surface area (Å²) in [5.74, 6) is 0.391. The van der Waals surface area contributed by atoms with Crippen LogP contribution in [0.4, 0.5) is 5.69 Å². The molecule has 158 valence electrons. The van der Waals surface area contributed by atoms with E-state index in [9.17, 15) is 9.59 Å². The fourth-order valence-corrected chi connectivity index (χ4v) is 3.75. The number of hydrogen-bond donors (Lipinski definition) is 1. The van der Waals surface area contributed by atoms with Gasteiger partial charge >= 0.3 is 5.97 Å². The highest BCUT2D eigenvalue weighted by atomic mass is 16.5. The zero-order valence-electron chi connectivity index (χ0n) is 17.5. The van der Waals surface area contributed by atoms with Gasteiger partial charge in [0.25, 0.3) is 5.91 Å². The van der Waals surface area contributed by atoms with Crippen LogP contribution in [-0.4, -0.2) is 37.5 Å².